The first-order valence-electron chi connectivity index (χ1n) is 8.44. The molecule has 1 aromatic carbocycles. The topological polar surface area (TPSA) is 32.8 Å². The van der Waals surface area contributed by atoms with Gasteiger partial charge in [-0.05, 0) is 37.9 Å². The number of nitrogens with zero attached hydrogens (tertiary/aromatic N) is 2. The van der Waals surface area contributed by atoms with Crippen molar-refractivity contribution in [3.63, 3.8) is 0 Å². The predicted molar refractivity (Wildman–Crippen MR) is 87.3 cm³/mol. The van der Waals surface area contributed by atoms with Crippen molar-refractivity contribution in [3.05, 3.63) is 29.3 Å². The number of rotatable bonds is 4. The van der Waals surface area contributed by atoms with Crippen molar-refractivity contribution in [1.82, 2.24) is 9.80 Å². The Balaban J connectivity index is 1.75. The fourth-order valence-corrected chi connectivity index (χ4v) is 3.61. The van der Waals surface area contributed by atoms with E-state index in [1.807, 2.05) is 25.1 Å². The quantitative estimate of drug-likeness (QED) is 0.846. The minimum Gasteiger partial charge on any atom is -0.496 e. The van der Waals surface area contributed by atoms with Gasteiger partial charge in [0.05, 0.1) is 26.2 Å². The minimum absolute atomic E-state index is 0.159. The second kappa shape index (κ2) is 6.67. The molecule has 2 aliphatic rings. The molecule has 2 saturated heterocycles. The maximum absolute atomic E-state index is 13.1. The molecule has 6 heteroatoms. The van der Waals surface area contributed by atoms with Crippen LogP contribution in [0.4, 0.5) is 8.78 Å². The van der Waals surface area contributed by atoms with E-state index in [9.17, 15) is 13.6 Å². The third-order valence-electron chi connectivity index (χ3n) is 5.00. The first-order valence-corrected chi connectivity index (χ1v) is 8.44. The van der Waals surface area contributed by atoms with Gasteiger partial charge in [0.15, 0.2) is 0 Å². The van der Waals surface area contributed by atoms with Crippen LogP contribution in [0.15, 0.2) is 18.2 Å². The van der Waals surface area contributed by atoms with E-state index in [0.29, 0.717) is 6.54 Å². The zero-order chi connectivity index (χ0) is 17.3. The Kier molecular flexibility index (Phi) is 4.76. The molecule has 3 rings (SSSR count). The van der Waals surface area contributed by atoms with Crippen LogP contribution in [0, 0.1) is 6.92 Å². The SMILES string of the molecule is COc1cccc(C)c1CN1CCCCC1C(=O)N1CC(F)(F)C1. The molecule has 0 aliphatic carbocycles. The summed E-state index contributed by atoms with van der Waals surface area (Å²) in [5.74, 6) is -2.07. The molecule has 1 atom stereocenters. The van der Waals surface area contributed by atoms with E-state index >= 15 is 0 Å². The number of methoxy groups -OCH3 is 1. The van der Waals surface area contributed by atoms with Crippen molar-refractivity contribution < 1.29 is 18.3 Å². The maximum Gasteiger partial charge on any atom is 0.282 e. The van der Waals surface area contributed by atoms with Gasteiger partial charge in [0.1, 0.15) is 5.75 Å². The van der Waals surface area contributed by atoms with Crippen molar-refractivity contribution in [1.29, 1.82) is 0 Å². The van der Waals surface area contributed by atoms with E-state index in [1.165, 1.54) is 4.90 Å². The molecule has 0 spiro atoms. The lowest BCUT2D eigenvalue weighted by Crippen LogP contribution is -2.63. The average molecular weight is 338 g/mol. The number of piperidine rings is 1. The van der Waals surface area contributed by atoms with Gasteiger partial charge in [0.2, 0.25) is 5.91 Å². The van der Waals surface area contributed by atoms with Crippen LogP contribution in [0.25, 0.3) is 0 Å². The third kappa shape index (κ3) is 3.38. The molecular formula is C18H24F2N2O2. The molecule has 2 aliphatic heterocycles. The number of benzene rings is 1. The molecule has 1 unspecified atom stereocenters. The Morgan fingerprint density at radius 2 is 2.08 bits per heavy atom. The van der Waals surface area contributed by atoms with Crippen molar-refractivity contribution >= 4 is 5.91 Å². The van der Waals surface area contributed by atoms with Crippen LogP contribution in [0.1, 0.15) is 30.4 Å². The molecule has 2 fully saturated rings. The fourth-order valence-electron chi connectivity index (χ4n) is 3.61. The molecule has 1 amide bonds. The second-order valence-electron chi connectivity index (χ2n) is 6.79. The van der Waals surface area contributed by atoms with Gasteiger partial charge in [-0.3, -0.25) is 9.69 Å². The van der Waals surface area contributed by atoms with E-state index in [-0.39, 0.29) is 11.9 Å². The summed E-state index contributed by atoms with van der Waals surface area (Å²) in [7, 11) is 1.64. The Morgan fingerprint density at radius 1 is 1.33 bits per heavy atom. The summed E-state index contributed by atoms with van der Waals surface area (Å²) in [6, 6.07) is 5.57. The highest BCUT2D eigenvalue weighted by atomic mass is 19.3. The summed E-state index contributed by atoms with van der Waals surface area (Å²) < 4.78 is 31.6. The molecule has 132 valence electrons. The first-order chi connectivity index (χ1) is 11.4. The fraction of sp³-hybridized carbons (Fsp3) is 0.611. The normalized spacial score (nSPS) is 23.7. The monoisotopic (exact) mass is 338 g/mol. The van der Waals surface area contributed by atoms with Crippen LogP contribution in [0.3, 0.4) is 0 Å². The molecule has 0 bridgehead atoms. The number of hydrogen-bond donors (Lipinski definition) is 0. The highest BCUT2D eigenvalue weighted by Gasteiger charge is 2.48. The predicted octanol–water partition coefficient (Wildman–Crippen LogP) is 2.84. The summed E-state index contributed by atoms with van der Waals surface area (Å²) in [6.45, 7) is 2.55. The number of carbonyl (C=O) groups is 1. The third-order valence-corrected chi connectivity index (χ3v) is 5.00. The van der Waals surface area contributed by atoms with Crippen molar-refractivity contribution in [3.8, 4) is 5.75 Å². The van der Waals surface area contributed by atoms with Crippen LogP contribution < -0.4 is 4.74 Å². The lowest BCUT2D eigenvalue weighted by atomic mass is 9.97. The summed E-state index contributed by atoms with van der Waals surface area (Å²) >= 11 is 0. The van der Waals surface area contributed by atoms with Crippen molar-refractivity contribution in [2.45, 2.75) is 44.7 Å². The van der Waals surface area contributed by atoms with Gasteiger partial charge in [-0.2, -0.15) is 0 Å². The molecular weight excluding hydrogens is 314 g/mol. The number of hydrogen-bond acceptors (Lipinski definition) is 3. The van der Waals surface area contributed by atoms with Gasteiger partial charge in [0.25, 0.3) is 5.92 Å². The molecule has 2 heterocycles. The van der Waals surface area contributed by atoms with Gasteiger partial charge in [-0.25, -0.2) is 8.78 Å². The number of likely N-dealkylation sites (tertiary alicyclic amines) is 2. The van der Waals surface area contributed by atoms with Crippen LogP contribution in [-0.2, 0) is 11.3 Å². The standard InChI is InChI=1S/C18H24F2N2O2/c1-13-6-5-8-16(24-2)14(13)10-21-9-4-3-7-15(21)17(23)22-11-18(19,20)12-22/h5-6,8,15H,3-4,7,9-12H2,1-2H3. The highest BCUT2D eigenvalue weighted by Crippen LogP contribution is 2.31. The first kappa shape index (κ1) is 17.1. The summed E-state index contributed by atoms with van der Waals surface area (Å²) in [5, 5.41) is 0. The number of aryl methyl sites for hydroxylation is 1. The number of alkyl halides is 2. The van der Waals surface area contributed by atoms with Gasteiger partial charge in [0, 0.05) is 12.1 Å². The number of ether oxygens (including phenoxy) is 1. The van der Waals surface area contributed by atoms with Gasteiger partial charge in [-0.15, -0.1) is 0 Å². The van der Waals surface area contributed by atoms with Crippen LogP contribution in [0.2, 0.25) is 0 Å². The molecule has 0 aromatic heterocycles. The molecule has 0 radical (unpaired) electrons. The highest BCUT2D eigenvalue weighted by molar-refractivity contribution is 5.83. The van der Waals surface area contributed by atoms with E-state index in [1.54, 1.807) is 7.11 Å². The molecule has 1 aromatic rings. The van der Waals surface area contributed by atoms with Crippen molar-refractivity contribution in [2.24, 2.45) is 0 Å². The molecule has 0 N–H and O–H groups in total. The Bertz CT molecular complexity index is 613. The van der Waals surface area contributed by atoms with E-state index in [0.717, 1.165) is 42.7 Å². The van der Waals surface area contributed by atoms with Crippen LogP contribution >= 0.6 is 0 Å². The molecule has 4 nitrogen and oxygen atoms in total. The van der Waals surface area contributed by atoms with E-state index < -0.39 is 19.0 Å². The van der Waals surface area contributed by atoms with Crippen LogP contribution in [-0.4, -0.2) is 54.4 Å². The minimum atomic E-state index is -2.71. The van der Waals surface area contributed by atoms with Crippen LogP contribution in [0.5, 0.6) is 5.75 Å². The smallest absolute Gasteiger partial charge is 0.282 e. The van der Waals surface area contributed by atoms with Gasteiger partial charge >= 0.3 is 0 Å². The van der Waals surface area contributed by atoms with Gasteiger partial charge in [-0.1, -0.05) is 18.6 Å². The Morgan fingerprint density at radius 3 is 2.75 bits per heavy atom. The largest absolute Gasteiger partial charge is 0.496 e. The molecule has 24 heavy (non-hydrogen) atoms. The zero-order valence-corrected chi connectivity index (χ0v) is 14.2. The summed E-state index contributed by atoms with van der Waals surface area (Å²) in [4.78, 5) is 16.0. The number of amides is 1. The van der Waals surface area contributed by atoms with Crippen molar-refractivity contribution in [2.75, 3.05) is 26.7 Å². The lowest BCUT2D eigenvalue weighted by Gasteiger charge is -2.44. The summed E-state index contributed by atoms with van der Waals surface area (Å²) in [6.07, 6.45) is 2.71. The average Bonchev–Trinajstić information content (AvgIpc) is 2.54. The maximum atomic E-state index is 13.1. The summed E-state index contributed by atoms with van der Waals surface area (Å²) in [5.41, 5.74) is 2.18. The molecule has 0 saturated carbocycles. The zero-order valence-electron chi connectivity index (χ0n) is 14.2. The Hall–Kier alpha value is -1.69. The second-order valence-corrected chi connectivity index (χ2v) is 6.79. The number of halogens is 2. The van der Waals surface area contributed by atoms with Gasteiger partial charge < -0.3 is 9.64 Å². The number of carbonyl (C=O) groups excluding carboxylic acids is 1. The Labute approximate surface area is 141 Å². The van der Waals surface area contributed by atoms with E-state index in [2.05, 4.69) is 4.90 Å². The van der Waals surface area contributed by atoms with E-state index in [4.69, 9.17) is 4.74 Å². The lowest BCUT2D eigenvalue weighted by molar-refractivity contribution is -0.171.